The monoisotopic (exact) mass is 351 g/mol. The minimum Gasteiger partial charge on any atom is -0.487 e. The van der Waals surface area contributed by atoms with Crippen LogP contribution in [0.2, 0.25) is 0 Å². The fourth-order valence-electron chi connectivity index (χ4n) is 2.17. The van der Waals surface area contributed by atoms with E-state index >= 15 is 0 Å². The number of nitrogens with zero attached hydrogens (tertiary/aromatic N) is 2. The molecule has 1 aromatic carbocycles. The van der Waals surface area contributed by atoms with Crippen LogP contribution in [0.15, 0.2) is 28.7 Å². The number of rotatable bonds is 6. The predicted molar refractivity (Wildman–Crippen MR) is 88.4 cm³/mol. The molecule has 0 saturated carbocycles. The number of nitrogens with two attached hydrogens (primary N) is 1. The zero-order chi connectivity index (χ0) is 15.4. The van der Waals surface area contributed by atoms with Crippen LogP contribution in [0.4, 0.5) is 0 Å². The Morgan fingerprint density at radius 2 is 1.95 bits per heavy atom. The molecular weight excluding hydrogens is 330 g/mol. The van der Waals surface area contributed by atoms with Crippen LogP contribution in [0.1, 0.15) is 43.8 Å². The normalized spacial score (nSPS) is 12.4. The van der Waals surface area contributed by atoms with E-state index in [1.54, 1.807) is 0 Å². The van der Waals surface area contributed by atoms with E-state index in [1.165, 1.54) is 0 Å². The second-order valence-corrected chi connectivity index (χ2v) is 5.82. The standard InChI is InChI=1S/C16H22BrN3O/c1-4-14-16(17)15(20(5-2)19-14)10-21-13-8-6-12(7-9-13)11(3)18/h6-9,11H,4-5,10,18H2,1-3H3/t11-/m0/s1. The summed E-state index contributed by atoms with van der Waals surface area (Å²) in [6, 6.07) is 7.97. The molecule has 2 rings (SSSR count). The molecule has 5 heteroatoms. The summed E-state index contributed by atoms with van der Waals surface area (Å²) < 4.78 is 8.92. The Morgan fingerprint density at radius 1 is 1.29 bits per heavy atom. The molecule has 1 atom stereocenters. The van der Waals surface area contributed by atoms with E-state index in [-0.39, 0.29) is 6.04 Å². The SMILES string of the molecule is CCc1nn(CC)c(COc2ccc([C@H](C)N)cc2)c1Br. The first-order chi connectivity index (χ1) is 10.1. The Hall–Kier alpha value is -1.33. The molecule has 0 unspecified atom stereocenters. The maximum Gasteiger partial charge on any atom is 0.131 e. The fraction of sp³-hybridized carbons (Fsp3) is 0.438. The van der Waals surface area contributed by atoms with Crippen LogP contribution in [-0.4, -0.2) is 9.78 Å². The Labute approximate surface area is 134 Å². The Bertz CT molecular complexity index is 590. The molecule has 0 amide bonds. The molecule has 0 saturated heterocycles. The fourth-order valence-corrected chi connectivity index (χ4v) is 2.85. The van der Waals surface area contributed by atoms with E-state index in [0.717, 1.165) is 40.1 Å². The van der Waals surface area contributed by atoms with Crippen molar-refractivity contribution in [2.24, 2.45) is 5.73 Å². The molecule has 0 fully saturated rings. The number of ether oxygens (including phenoxy) is 1. The topological polar surface area (TPSA) is 53.1 Å². The predicted octanol–water partition coefficient (Wildman–Crippen LogP) is 3.83. The zero-order valence-corrected chi connectivity index (χ0v) is 14.4. The lowest BCUT2D eigenvalue weighted by atomic mass is 10.1. The number of halogens is 1. The minimum absolute atomic E-state index is 0.0434. The van der Waals surface area contributed by atoms with Gasteiger partial charge in [-0.2, -0.15) is 5.10 Å². The van der Waals surface area contributed by atoms with Gasteiger partial charge in [-0.15, -0.1) is 0 Å². The van der Waals surface area contributed by atoms with Crippen molar-refractivity contribution in [3.8, 4) is 5.75 Å². The highest BCUT2D eigenvalue weighted by atomic mass is 79.9. The summed E-state index contributed by atoms with van der Waals surface area (Å²) in [5, 5.41) is 4.57. The average molecular weight is 352 g/mol. The summed E-state index contributed by atoms with van der Waals surface area (Å²) in [5.41, 5.74) is 9.10. The smallest absolute Gasteiger partial charge is 0.131 e. The summed E-state index contributed by atoms with van der Waals surface area (Å²) in [4.78, 5) is 0. The molecule has 1 heterocycles. The van der Waals surface area contributed by atoms with Gasteiger partial charge in [0.2, 0.25) is 0 Å². The van der Waals surface area contributed by atoms with Gasteiger partial charge in [0.25, 0.3) is 0 Å². The molecule has 2 aromatic rings. The van der Waals surface area contributed by atoms with Crippen molar-refractivity contribution < 1.29 is 4.74 Å². The van der Waals surface area contributed by atoms with E-state index in [0.29, 0.717) is 6.61 Å². The molecule has 1 aromatic heterocycles. The van der Waals surface area contributed by atoms with Crippen molar-refractivity contribution in [1.82, 2.24) is 9.78 Å². The van der Waals surface area contributed by atoms with Gasteiger partial charge in [-0.25, -0.2) is 0 Å². The van der Waals surface area contributed by atoms with Crippen LogP contribution in [0.25, 0.3) is 0 Å². The lowest BCUT2D eigenvalue weighted by molar-refractivity contribution is 0.291. The molecule has 0 spiro atoms. The van der Waals surface area contributed by atoms with Crippen molar-refractivity contribution >= 4 is 15.9 Å². The molecule has 2 N–H and O–H groups in total. The zero-order valence-electron chi connectivity index (χ0n) is 12.8. The van der Waals surface area contributed by atoms with Crippen LogP contribution < -0.4 is 10.5 Å². The lowest BCUT2D eigenvalue weighted by Crippen LogP contribution is -2.07. The van der Waals surface area contributed by atoms with E-state index in [1.807, 2.05) is 35.9 Å². The van der Waals surface area contributed by atoms with Gasteiger partial charge in [0, 0.05) is 12.6 Å². The van der Waals surface area contributed by atoms with Gasteiger partial charge in [0.05, 0.1) is 15.9 Å². The summed E-state index contributed by atoms with van der Waals surface area (Å²) in [6.45, 7) is 7.49. The number of hydrogen-bond donors (Lipinski definition) is 1. The molecule has 21 heavy (non-hydrogen) atoms. The van der Waals surface area contributed by atoms with Gasteiger partial charge in [-0.1, -0.05) is 19.1 Å². The van der Waals surface area contributed by atoms with Crippen molar-refractivity contribution in [2.75, 3.05) is 0 Å². The maximum absolute atomic E-state index is 5.88. The third-order valence-electron chi connectivity index (χ3n) is 3.48. The van der Waals surface area contributed by atoms with Crippen molar-refractivity contribution in [3.05, 3.63) is 45.7 Å². The van der Waals surface area contributed by atoms with Crippen LogP contribution in [-0.2, 0) is 19.6 Å². The Kier molecular flexibility index (Phi) is 5.42. The molecule has 0 aliphatic rings. The molecule has 0 aliphatic heterocycles. The van der Waals surface area contributed by atoms with Crippen LogP contribution in [0, 0.1) is 0 Å². The van der Waals surface area contributed by atoms with E-state index in [9.17, 15) is 0 Å². The van der Waals surface area contributed by atoms with Crippen molar-refractivity contribution in [3.63, 3.8) is 0 Å². The van der Waals surface area contributed by atoms with Gasteiger partial charge >= 0.3 is 0 Å². The highest BCUT2D eigenvalue weighted by Gasteiger charge is 2.14. The molecule has 0 bridgehead atoms. The van der Waals surface area contributed by atoms with Crippen LogP contribution in [0.5, 0.6) is 5.75 Å². The highest BCUT2D eigenvalue weighted by molar-refractivity contribution is 9.10. The van der Waals surface area contributed by atoms with Gasteiger partial charge in [0.15, 0.2) is 0 Å². The lowest BCUT2D eigenvalue weighted by Gasteiger charge is -2.10. The number of hydrogen-bond acceptors (Lipinski definition) is 3. The van der Waals surface area contributed by atoms with Crippen molar-refractivity contribution in [1.29, 1.82) is 0 Å². The Morgan fingerprint density at radius 3 is 2.48 bits per heavy atom. The third kappa shape index (κ3) is 3.66. The molecule has 0 aliphatic carbocycles. The molecule has 0 radical (unpaired) electrons. The van der Waals surface area contributed by atoms with E-state index in [4.69, 9.17) is 10.5 Å². The molecular formula is C16H22BrN3O. The van der Waals surface area contributed by atoms with E-state index in [2.05, 4.69) is 34.9 Å². The number of aryl methyl sites for hydroxylation is 2. The van der Waals surface area contributed by atoms with Crippen LogP contribution >= 0.6 is 15.9 Å². The van der Waals surface area contributed by atoms with Gasteiger partial charge in [0.1, 0.15) is 12.4 Å². The van der Waals surface area contributed by atoms with Gasteiger partial charge < -0.3 is 10.5 Å². The first-order valence-electron chi connectivity index (χ1n) is 7.29. The summed E-state index contributed by atoms with van der Waals surface area (Å²) in [6.07, 6.45) is 0.906. The number of aromatic nitrogens is 2. The van der Waals surface area contributed by atoms with Crippen molar-refractivity contribution in [2.45, 2.75) is 46.4 Å². The molecule has 4 nitrogen and oxygen atoms in total. The van der Waals surface area contributed by atoms with E-state index < -0.39 is 0 Å². The second kappa shape index (κ2) is 7.09. The summed E-state index contributed by atoms with van der Waals surface area (Å²) in [5.74, 6) is 0.841. The quantitative estimate of drug-likeness (QED) is 0.860. The van der Waals surface area contributed by atoms with Crippen LogP contribution in [0.3, 0.4) is 0 Å². The molecule has 114 valence electrons. The second-order valence-electron chi connectivity index (χ2n) is 5.02. The Balaban J connectivity index is 2.10. The summed E-state index contributed by atoms with van der Waals surface area (Å²) >= 11 is 3.63. The highest BCUT2D eigenvalue weighted by Crippen LogP contribution is 2.24. The van der Waals surface area contributed by atoms with Gasteiger partial charge in [-0.05, 0) is 53.9 Å². The number of benzene rings is 1. The average Bonchev–Trinajstić information content (AvgIpc) is 2.81. The van der Waals surface area contributed by atoms with Gasteiger partial charge in [-0.3, -0.25) is 4.68 Å². The largest absolute Gasteiger partial charge is 0.487 e. The first-order valence-corrected chi connectivity index (χ1v) is 8.08. The third-order valence-corrected chi connectivity index (χ3v) is 4.39. The first kappa shape index (κ1) is 16.0. The minimum atomic E-state index is 0.0434. The maximum atomic E-state index is 5.88. The summed E-state index contributed by atoms with van der Waals surface area (Å²) in [7, 11) is 0.